The Bertz CT molecular complexity index is 1360. The zero-order chi connectivity index (χ0) is 27.9. The molecule has 3 atom stereocenters. The van der Waals surface area contributed by atoms with Crippen LogP contribution in [0.5, 0.6) is 0 Å². The van der Waals surface area contributed by atoms with Crippen LogP contribution in [0.4, 0.5) is 5.69 Å². The van der Waals surface area contributed by atoms with Crippen molar-refractivity contribution in [1.82, 2.24) is 5.32 Å². The summed E-state index contributed by atoms with van der Waals surface area (Å²) in [5, 5.41) is 34.3. The van der Waals surface area contributed by atoms with E-state index in [4.69, 9.17) is 4.74 Å². The van der Waals surface area contributed by atoms with E-state index in [0.29, 0.717) is 12.0 Å². The van der Waals surface area contributed by atoms with Crippen LogP contribution in [0.15, 0.2) is 54.1 Å². The van der Waals surface area contributed by atoms with Gasteiger partial charge in [0.25, 0.3) is 5.91 Å². The SMILES string of the molecule is CCCN(CCC)c1ccc2cc(-c3ccc(/C(C)=C(\C#N)C(=O)NCC4CC(O)CC(O)O4)s3)ccc2c1. The van der Waals surface area contributed by atoms with Crippen LogP contribution in [0, 0.1) is 11.3 Å². The number of hydrogen-bond donors (Lipinski definition) is 3. The van der Waals surface area contributed by atoms with Crippen molar-refractivity contribution in [2.75, 3.05) is 24.5 Å². The maximum absolute atomic E-state index is 12.8. The predicted molar refractivity (Wildman–Crippen MR) is 157 cm³/mol. The van der Waals surface area contributed by atoms with Crippen molar-refractivity contribution >= 4 is 39.3 Å². The van der Waals surface area contributed by atoms with E-state index in [-0.39, 0.29) is 18.5 Å². The fraction of sp³-hybridized carbons (Fsp3) is 0.419. The second-order valence-corrected chi connectivity index (χ2v) is 11.1. The Labute approximate surface area is 234 Å². The number of carbonyl (C=O) groups is 1. The minimum Gasteiger partial charge on any atom is -0.393 e. The summed E-state index contributed by atoms with van der Waals surface area (Å²) >= 11 is 1.54. The summed E-state index contributed by atoms with van der Waals surface area (Å²) in [6, 6.07) is 19.1. The lowest BCUT2D eigenvalue weighted by molar-refractivity contribution is -0.187. The molecule has 0 spiro atoms. The lowest BCUT2D eigenvalue weighted by Gasteiger charge is -2.30. The minimum atomic E-state index is -1.05. The van der Waals surface area contributed by atoms with Crippen LogP contribution in [0.25, 0.3) is 26.8 Å². The number of allylic oxidation sites excluding steroid dienone is 1. The number of ether oxygens (including phenoxy) is 1. The first-order chi connectivity index (χ1) is 18.8. The molecule has 39 heavy (non-hydrogen) atoms. The van der Waals surface area contributed by atoms with E-state index in [1.807, 2.05) is 18.2 Å². The van der Waals surface area contributed by atoms with Gasteiger partial charge in [-0.15, -0.1) is 11.3 Å². The van der Waals surface area contributed by atoms with Gasteiger partial charge in [-0.1, -0.05) is 32.0 Å². The van der Waals surface area contributed by atoms with Gasteiger partial charge in [0.2, 0.25) is 0 Å². The van der Waals surface area contributed by atoms with Crippen molar-refractivity contribution in [3.8, 4) is 16.5 Å². The van der Waals surface area contributed by atoms with Gasteiger partial charge in [0, 0.05) is 47.9 Å². The summed E-state index contributed by atoms with van der Waals surface area (Å²) in [5.41, 5.74) is 2.99. The maximum Gasteiger partial charge on any atom is 0.262 e. The molecule has 0 saturated carbocycles. The third kappa shape index (κ3) is 7.06. The van der Waals surface area contributed by atoms with E-state index in [1.165, 1.54) is 16.5 Å². The Kier molecular flexibility index (Phi) is 9.76. The Morgan fingerprint density at radius 3 is 2.49 bits per heavy atom. The van der Waals surface area contributed by atoms with Crippen molar-refractivity contribution in [2.45, 2.75) is 65.0 Å². The van der Waals surface area contributed by atoms with Gasteiger partial charge >= 0.3 is 0 Å². The average molecular weight is 548 g/mol. The molecular weight excluding hydrogens is 510 g/mol. The van der Waals surface area contributed by atoms with E-state index in [2.05, 4.69) is 60.5 Å². The molecule has 2 aromatic carbocycles. The van der Waals surface area contributed by atoms with Crippen molar-refractivity contribution in [3.05, 3.63) is 59.0 Å². The van der Waals surface area contributed by atoms with Crippen LogP contribution in [-0.4, -0.2) is 54.3 Å². The van der Waals surface area contributed by atoms with Crippen LogP contribution in [-0.2, 0) is 9.53 Å². The van der Waals surface area contributed by atoms with Crippen LogP contribution in [0.2, 0.25) is 0 Å². The van der Waals surface area contributed by atoms with Gasteiger partial charge in [0.15, 0.2) is 6.29 Å². The topological polar surface area (TPSA) is 106 Å². The third-order valence-electron chi connectivity index (χ3n) is 7.00. The molecule has 3 aromatic rings. The van der Waals surface area contributed by atoms with Gasteiger partial charge in [-0.2, -0.15) is 5.26 Å². The molecule has 206 valence electrons. The van der Waals surface area contributed by atoms with Gasteiger partial charge in [-0.05, 0) is 72.0 Å². The van der Waals surface area contributed by atoms with Crippen LogP contribution < -0.4 is 10.2 Å². The fourth-order valence-corrected chi connectivity index (χ4v) is 6.02. The van der Waals surface area contributed by atoms with E-state index < -0.39 is 24.4 Å². The Balaban J connectivity index is 1.50. The molecule has 2 heterocycles. The number of hydrogen-bond acceptors (Lipinski definition) is 7. The molecule has 8 heteroatoms. The van der Waals surface area contributed by atoms with Gasteiger partial charge in [-0.25, -0.2) is 0 Å². The highest BCUT2D eigenvalue weighted by Gasteiger charge is 2.27. The number of nitrogens with one attached hydrogen (secondary N) is 1. The summed E-state index contributed by atoms with van der Waals surface area (Å²) in [6.07, 6.45) is 0.463. The number of rotatable bonds is 10. The number of anilines is 1. The van der Waals surface area contributed by atoms with Gasteiger partial charge < -0.3 is 25.2 Å². The molecular formula is C31H37N3O4S. The second-order valence-electron chi connectivity index (χ2n) is 10.1. The molecule has 4 rings (SSSR count). The summed E-state index contributed by atoms with van der Waals surface area (Å²) in [7, 11) is 0. The standard InChI is InChI=1S/C31H37N3O4S/c1-4-12-34(13-5-2)24-9-8-21-14-23(7-6-22(21)15-24)29-11-10-28(39-29)20(3)27(18-32)31(37)33-19-26-16-25(35)17-30(36)38-26/h6-11,14-15,25-26,30,35-36H,4-5,12-13,16-17,19H2,1-3H3,(H,33,37)/b27-20+. The van der Waals surface area contributed by atoms with Crippen molar-refractivity contribution in [1.29, 1.82) is 5.26 Å². The molecule has 3 N–H and O–H groups in total. The lowest BCUT2D eigenvalue weighted by atomic mass is 10.0. The predicted octanol–water partition coefficient (Wildman–Crippen LogP) is 5.47. The average Bonchev–Trinajstić information content (AvgIpc) is 3.41. The lowest BCUT2D eigenvalue weighted by Crippen LogP contribution is -2.42. The molecule has 7 nitrogen and oxygen atoms in total. The monoisotopic (exact) mass is 547 g/mol. The molecule has 1 aromatic heterocycles. The van der Waals surface area contributed by atoms with E-state index >= 15 is 0 Å². The largest absolute Gasteiger partial charge is 0.393 e. The van der Waals surface area contributed by atoms with E-state index in [9.17, 15) is 20.3 Å². The molecule has 1 aliphatic rings. The van der Waals surface area contributed by atoms with Crippen LogP contribution >= 0.6 is 11.3 Å². The number of fused-ring (bicyclic) bond motifs is 1. The molecule has 1 saturated heterocycles. The molecule has 1 aliphatic heterocycles. The summed E-state index contributed by atoms with van der Waals surface area (Å²) in [6.45, 7) is 8.39. The zero-order valence-electron chi connectivity index (χ0n) is 22.8. The number of aliphatic hydroxyl groups is 2. The number of nitriles is 1. The van der Waals surface area contributed by atoms with Crippen LogP contribution in [0.1, 0.15) is 51.3 Å². The summed E-state index contributed by atoms with van der Waals surface area (Å²) in [5.74, 6) is -0.496. The number of aliphatic hydroxyl groups excluding tert-OH is 2. The molecule has 1 amide bonds. The summed E-state index contributed by atoms with van der Waals surface area (Å²) < 4.78 is 5.37. The molecule has 0 radical (unpaired) electrons. The summed E-state index contributed by atoms with van der Waals surface area (Å²) in [4.78, 5) is 17.2. The number of carbonyl (C=O) groups excluding carboxylic acids is 1. The van der Waals surface area contributed by atoms with Gasteiger partial charge in [-0.3, -0.25) is 4.79 Å². The van der Waals surface area contributed by atoms with Crippen molar-refractivity contribution in [3.63, 3.8) is 0 Å². The van der Waals surface area contributed by atoms with E-state index in [0.717, 1.165) is 41.2 Å². The highest BCUT2D eigenvalue weighted by molar-refractivity contribution is 7.16. The van der Waals surface area contributed by atoms with Gasteiger partial charge in [0.1, 0.15) is 11.6 Å². The smallest absolute Gasteiger partial charge is 0.262 e. The number of amides is 1. The van der Waals surface area contributed by atoms with Crippen LogP contribution in [0.3, 0.4) is 0 Å². The first-order valence-corrected chi connectivity index (χ1v) is 14.4. The zero-order valence-corrected chi connectivity index (χ0v) is 23.6. The van der Waals surface area contributed by atoms with Crippen molar-refractivity contribution in [2.24, 2.45) is 0 Å². The Morgan fingerprint density at radius 2 is 1.79 bits per heavy atom. The maximum atomic E-state index is 12.8. The Morgan fingerprint density at radius 1 is 1.08 bits per heavy atom. The van der Waals surface area contributed by atoms with E-state index in [1.54, 1.807) is 18.3 Å². The molecule has 0 aliphatic carbocycles. The number of thiophene rings is 1. The molecule has 0 bridgehead atoms. The first kappa shape index (κ1) is 28.8. The van der Waals surface area contributed by atoms with Crippen molar-refractivity contribution < 1.29 is 19.7 Å². The number of benzene rings is 2. The highest BCUT2D eigenvalue weighted by atomic mass is 32.1. The Hall–Kier alpha value is -3.22. The highest BCUT2D eigenvalue weighted by Crippen LogP contribution is 2.35. The third-order valence-corrected chi connectivity index (χ3v) is 8.25. The quantitative estimate of drug-likeness (QED) is 0.230. The second kappa shape index (κ2) is 13.2. The first-order valence-electron chi connectivity index (χ1n) is 13.6. The molecule has 1 fully saturated rings. The normalized spacial score (nSPS) is 19.8. The fourth-order valence-electron chi connectivity index (χ4n) is 5.01. The minimum absolute atomic E-state index is 0.0371. The number of nitrogens with zero attached hydrogens (tertiary/aromatic N) is 2. The van der Waals surface area contributed by atoms with Gasteiger partial charge in [0.05, 0.1) is 12.2 Å². The molecule has 3 unspecified atom stereocenters.